The Labute approximate surface area is 314 Å². The van der Waals surface area contributed by atoms with Crippen molar-refractivity contribution in [2.75, 3.05) is 63.9 Å². The quantitative estimate of drug-likeness (QED) is 0.111. The SMILES string of the molecule is C=C(C)N(CC1C/C(=C\C)CN1C)c1cc(OCCCCCOc2cc3c(cc2OC)C(=O)N2C/C(=C/C)CC2C(O)N3C(=C)C)c(OC)cc1C=O. The Morgan fingerprint density at radius 3 is 2.09 bits per heavy atom. The summed E-state index contributed by atoms with van der Waals surface area (Å²) >= 11 is 0. The first kappa shape index (κ1) is 39.5. The van der Waals surface area contributed by atoms with Gasteiger partial charge in [-0.3, -0.25) is 14.5 Å². The van der Waals surface area contributed by atoms with Gasteiger partial charge in [0.1, 0.15) is 0 Å². The molecule has 286 valence electrons. The minimum atomic E-state index is -0.954. The fourth-order valence-corrected chi connectivity index (χ4v) is 7.54. The number of anilines is 2. The normalized spacial score (nSPS) is 21.4. The maximum atomic E-state index is 13.8. The molecule has 3 atom stereocenters. The zero-order valence-corrected chi connectivity index (χ0v) is 32.4. The van der Waals surface area contributed by atoms with Crippen LogP contribution in [0, 0.1) is 0 Å². The second-order valence-corrected chi connectivity index (χ2v) is 14.2. The molecule has 3 unspecified atom stereocenters. The van der Waals surface area contributed by atoms with E-state index in [9.17, 15) is 14.7 Å². The Kier molecular flexibility index (Phi) is 13.0. The number of hydrogen-bond donors (Lipinski definition) is 1. The van der Waals surface area contributed by atoms with Gasteiger partial charge < -0.3 is 38.8 Å². The zero-order chi connectivity index (χ0) is 38.4. The third-order valence-electron chi connectivity index (χ3n) is 10.6. The number of fused-ring (bicyclic) bond motifs is 2. The smallest absolute Gasteiger partial charge is 0.256 e. The minimum absolute atomic E-state index is 0.157. The molecule has 0 bridgehead atoms. The summed E-state index contributed by atoms with van der Waals surface area (Å²) in [7, 11) is 5.25. The van der Waals surface area contributed by atoms with E-state index in [1.165, 1.54) is 5.57 Å². The number of likely N-dealkylation sites (N-methyl/N-ethyl adjacent to an activating group) is 1. The van der Waals surface area contributed by atoms with Gasteiger partial charge in [-0.25, -0.2) is 0 Å². The number of aldehydes is 1. The number of aliphatic hydroxyl groups is 1. The summed E-state index contributed by atoms with van der Waals surface area (Å²) in [4.78, 5) is 33.9. The molecule has 3 aliphatic heterocycles. The first-order valence-electron chi connectivity index (χ1n) is 18.5. The summed E-state index contributed by atoms with van der Waals surface area (Å²) < 4.78 is 23.8. The predicted octanol–water partition coefficient (Wildman–Crippen LogP) is 6.97. The van der Waals surface area contributed by atoms with Crippen LogP contribution in [0.1, 0.15) is 80.5 Å². The van der Waals surface area contributed by atoms with Crippen molar-refractivity contribution in [1.82, 2.24) is 9.80 Å². The Bertz CT molecular complexity index is 1770. The van der Waals surface area contributed by atoms with Gasteiger partial charge in [0.15, 0.2) is 35.5 Å². The highest BCUT2D eigenvalue weighted by atomic mass is 16.5. The van der Waals surface area contributed by atoms with Crippen LogP contribution in [0.3, 0.4) is 0 Å². The van der Waals surface area contributed by atoms with Gasteiger partial charge in [-0.15, -0.1) is 0 Å². The van der Waals surface area contributed by atoms with Crippen LogP contribution in [0.15, 0.2) is 72.1 Å². The van der Waals surface area contributed by atoms with Crippen LogP contribution >= 0.6 is 0 Å². The highest BCUT2D eigenvalue weighted by molar-refractivity contribution is 6.02. The van der Waals surface area contributed by atoms with E-state index in [-0.39, 0.29) is 11.9 Å². The molecular weight excluding hydrogens is 672 g/mol. The Balaban J connectivity index is 1.22. The molecule has 5 rings (SSSR count). The molecule has 11 heteroatoms. The lowest BCUT2D eigenvalue weighted by atomic mass is 10.1. The van der Waals surface area contributed by atoms with Gasteiger partial charge in [0.2, 0.25) is 0 Å². The molecular formula is C42H56N4O7. The summed E-state index contributed by atoms with van der Waals surface area (Å²) in [5.74, 6) is 1.86. The van der Waals surface area contributed by atoms with E-state index < -0.39 is 6.23 Å². The third kappa shape index (κ3) is 8.41. The first-order valence-corrected chi connectivity index (χ1v) is 18.5. The minimum Gasteiger partial charge on any atom is -0.493 e. The van der Waals surface area contributed by atoms with Gasteiger partial charge in [-0.2, -0.15) is 0 Å². The maximum absolute atomic E-state index is 13.8. The zero-order valence-electron chi connectivity index (χ0n) is 32.4. The Hall–Kier alpha value is -4.74. The molecule has 3 heterocycles. The molecule has 0 aliphatic carbocycles. The standard InChI is InChI=1S/C42H56N4O7/c1-10-29-17-32(43(7)23-29)25-44(27(3)4)34-21-39(37(50-8)19-31(34)26-47)52-15-13-12-14-16-53-40-22-35-33(20-38(40)51-9)41(48)45-24-30(11-2)18-36(45)42(49)46(35)28(5)6/h10-11,19-22,26,32,36,42,49H,3,5,12-18,23-25H2,1-2,4,6-9H3/b29-10+,30-11+. The number of allylic oxidation sites excluding steroid dienone is 4. The second-order valence-electron chi connectivity index (χ2n) is 14.2. The molecule has 2 aromatic rings. The van der Waals surface area contributed by atoms with Crippen molar-refractivity contribution in [1.29, 1.82) is 0 Å². The van der Waals surface area contributed by atoms with E-state index >= 15 is 0 Å². The van der Waals surface area contributed by atoms with Gasteiger partial charge in [0.25, 0.3) is 5.91 Å². The van der Waals surface area contributed by atoms with Crippen LogP contribution in [-0.2, 0) is 0 Å². The van der Waals surface area contributed by atoms with Gasteiger partial charge >= 0.3 is 0 Å². The number of carbonyl (C=O) groups is 2. The van der Waals surface area contributed by atoms with Crippen molar-refractivity contribution in [3.8, 4) is 23.0 Å². The largest absolute Gasteiger partial charge is 0.493 e. The number of methoxy groups -OCH3 is 2. The molecule has 0 saturated carbocycles. The molecule has 53 heavy (non-hydrogen) atoms. The topological polar surface area (TPSA) is 104 Å². The number of rotatable bonds is 16. The first-order chi connectivity index (χ1) is 25.4. The molecule has 11 nitrogen and oxygen atoms in total. The number of carbonyl (C=O) groups excluding carboxylic acids is 2. The highest BCUT2D eigenvalue weighted by Crippen LogP contribution is 2.43. The monoisotopic (exact) mass is 728 g/mol. The van der Waals surface area contributed by atoms with E-state index in [0.717, 1.165) is 55.5 Å². The van der Waals surface area contributed by atoms with E-state index in [2.05, 4.69) is 43.0 Å². The number of ether oxygens (including phenoxy) is 4. The molecule has 0 spiro atoms. The molecule has 0 radical (unpaired) electrons. The summed E-state index contributed by atoms with van der Waals surface area (Å²) in [6, 6.07) is 7.00. The Morgan fingerprint density at radius 1 is 0.906 bits per heavy atom. The lowest BCUT2D eigenvalue weighted by Crippen LogP contribution is -2.47. The molecule has 2 saturated heterocycles. The van der Waals surface area contributed by atoms with Gasteiger partial charge in [0.05, 0.1) is 50.4 Å². The van der Waals surface area contributed by atoms with Crippen molar-refractivity contribution in [3.63, 3.8) is 0 Å². The van der Waals surface area contributed by atoms with E-state index in [1.54, 1.807) is 42.2 Å². The number of hydrogen-bond acceptors (Lipinski definition) is 10. The third-order valence-corrected chi connectivity index (χ3v) is 10.6. The average molecular weight is 729 g/mol. The lowest BCUT2D eigenvalue weighted by molar-refractivity contribution is 0.0530. The van der Waals surface area contributed by atoms with Crippen LogP contribution in [0.2, 0.25) is 0 Å². The lowest BCUT2D eigenvalue weighted by Gasteiger charge is -2.34. The Morgan fingerprint density at radius 2 is 1.53 bits per heavy atom. The predicted molar refractivity (Wildman–Crippen MR) is 210 cm³/mol. The van der Waals surface area contributed by atoms with Crippen LogP contribution in [0.25, 0.3) is 0 Å². The molecule has 1 amide bonds. The summed E-state index contributed by atoms with van der Waals surface area (Å²) in [6.07, 6.45) is 8.01. The number of likely N-dealkylation sites (tertiary alicyclic amines) is 1. The highest BCUT2D eigenvalue weighted by Gasteiger charge is 2.44. The summed E-state index contributed by atoms with van der Waals surface area (Å²) in [5.41, 5.74) is 6.24. The fraction of sp³-hybridized carbons (Fsp3) is 0.476. The van der Waals surface area contributed by atoms with E-state index in [1.807, 2.05) is 32.9 Å². The van der Waals surface area contributed by atoms with Crippen molar-refractivity contribution >= 4 is 23.6 Å². The van der Waals surface area contributed by atoms with Crippen LogP contribution in [-0.4, -0.2) is 99.5 Å². The molecule has 3 aliphatic rings. The molecule has 1 N–H and O–H groups in total. The second kappa shape index (κ2) is 17.4. The van der Waals surface area contributed by atoms with Crippen LogP contribution < -0.4 is 28.7 Å². The summed E-state index contributed by atoms with van der Waals surface area (Å²) in [5, 5.41) is 11.5. The molecule has 2 aromatic carbocycles. The van der Waals surface area contributed by atoms with Crippen molar-refractivity contribution in [2.45, 2.75) is 78.1 Å². The number of nitrogens with zero attached hydrogens (tertiary/aromatic N) is 4. The number of unbranched alkanes of at least 4 members (excludes halogenated alkanes) is 2. The summed E-state index contributed by atoms with van der Waals surface area (Å²) in [6.45, 7) is 19.1. The van der Waals surface area contributed by atoms with Crippen molar-refractivity contribution < 1.29 is 33.6 Å². The molecule has 0 aromatic heterocycles. The molecule has 2 fully saturated rings. The van der Waals surface area contributed by atoms with Gasteiger partial charge in [-0.05, 0) is 79.0 Å². The van der Waals surface area contributed by atoms with Gasteiger partial charge in [0, 0.05) is 54.8 Å². The van der Waals surface area contributed by atoms with Crippen molar-refractivity contribution in [3.05, 3.63) is 83.2 Å². The number of benzene rings is 2. The van der Waals surface area contributed by atoms with Crippen LogP contribution in [0.5, 0.6) is 23.0 Å². The van der Waals surface area contributed by atoms with Crippen molar-refractivity contribution in [2.24, 2.45) is 0 Å². The average Bonchev–Trinajstić information content (AvgIpc) is 3.73. The van der Waals surface area contributed by atoms with Crippen LogP contribution in [0.4, 0.5) is 11.4 Å². The van der Waals surface area contributed by atoms with E-state index in [0.29, 0.717) is 84.3 Å². The maximum Gasteiger partial charge on any atom is 0.256 e. The number of aliphatic hydroxyl groups excluding tert-OH is 1. The fourth-order valence-electron chi connectivity index (χ4n) is 7.54. The van der Waals surface area contributed by atoms with Gasteiger partial charge in [-0.1, -0.05) is 36.5 Å². The number of amides is 1. The van der Waals surface area contributed by atoms with E-state index in [4.69, 9.17) is 18.9 Å².